The lowest BCUT2D eigenvalue weighted by Gasteiger charge is -2.25. The van der Waals surface area contributed by atoms with Crippen LogP contribution in [0.25, 0.3) is 0 Å². The molecule has 2 unspecified atom stereocenters. The number of rotatable bonds is 4. The topological polar surface area (TPSA) is 39.7 Å². The molecule has 5 heteroatoms. The first kappa shape index (κ1) is 15.0. The molecule has 0 aromatic carbocycles. The van der Waals surface area contributed by atoms with Crippen molar-refractivity contribution in [2.75, 3.05) is 39.5 Å². The predicted molar refractivity (Wildman–Crippen MR) is 85.1 cm³/mol. The van der Waals surface area contributed by atoms with Crippen molar-refractivity contribution in [1.29, 1.82) is 0 Å². The lowest BCUT2D eigenvalue weighted by molar-refractivity contribution is 0.309. The molecule has 2 rings (SSSR count). The highest BCUT2D eigenvalue weighted by atomic mass is 32.2. The highest BCUT2D eigenvalue weighted by Gasteiger charge is 2.29. The smallest absolute Gasteiger partial charge is 0.191 e. The molecule has 110 valence electrons. The Hall–Kier alpha value is -0.420. The molecule has 4 nitrogen and oxygen atoms in total. The summed E-state index contributed by atoms with van der Waals surface area (Å²) in [6, 6.07) is 0.662. The van der Waals surface area contributed by atoms with E-state index in [1.54, 1.807) is 0 Å². The highest BCUT2D eigenvalue weighted by molar-refractivity contribution is 8.00. The van der Waals surface area contributed by atoms with Gasteiger partial charge in [0.1, 0.15) is 0 Å². The minimum atomic E-state index is 0.391. The van der Waals surface area contributed by atoms with E-state index in [0.717, 1.165) is 19.0 Å². The van der Waals surface area contributed by atoms with Crippen LogP contribution >= 0.6 is 11.8 Å². The summed E-state index contributed by atoms with van der Waals surface area (Å²) in [5, 5.41) is 6.96. The summed E-state index contributed by atoms with van der Waals surface area (Å²) < 4.78 is 0.391. The van der Waals surface area contributed by atoms with Crippen molar-refractivity contribution in [3.63, 3.8) is 0 Å². The Balaban J connectivity index is 1.71. The first-order valence-electron chi connectivity index (χ1n) is 7.42. The van der Waals surface area contributed by atoms with Crippen molar-refractivity contribution in [2.45, 2.75) is 43.4 Å². The van der Waals surface area contributed by atoms with E-state index in [-0.39, 0.29) is 0 Å². The van der Waals surface area contributed by atoms with Gasteiger partial charge in [0.15, 0.2) is 5.96 Å². The third-order valence-electron chi connectivity index (χ3n) is 4.33. The van der Waals surface area contributed by atoms with Crippen LogP contribution in [0.3, 0.4) is 0 Å². The van der Waals surface area contributed by atoms with E-state index >= 15 is 0 Å². The van der Waals surface area contributed by atoms with Crippen molar-refractivity contribution >= 4 is 17.7 Å². The Morgan fingerprint density at radius 2 is 2.26 bits per heavy atom. The third-order valence-corrected chi connectivity index (χ3v) is 5.87. The van der Waals surface area contributed by atoms with Crippen LogP contribution in [0.4, 0.5) is 0 Å². The summed E-state index contributed by atoms with van der Waals surface area (Å²) in [6.45, 7) is 5.60. The summed E-state index contributed by atoms with van der Waals surface area (Å²) >= 11 is 2.09. The number of nitrogens with one attached hydrogen (secondary N) is 2. The third kappa shape index (κ3) is 4.28. The molecule has 2 aliphatic rings. The molecular weight excluding hydrogens is 256 g/mol. The summed E-state index contributed by atoms with van der Waals surface area (Å²) in [6.07, 6.45) is 5.28. The number of nitrogens with zero attached hydrogens (tertiary/aromatic N) is 2. The van der Waals surface area contributed by atoms with E-state index in [1.807, 2.05) is 7.05 Å². The van der Waals surface area contributed by atoms with Gasteiger partial charge < -0.3 is 15.5 Å². The van der Waals surface area contributed by atoms with Crippen molar-refractivity contribution < 1.29 is 0 Å². The van der Waals surface area contributed by atoms with E-state index in [2.05, 4.69) is 46.3 Å². The standard InChI is InChI=1S/C14H28N4S/c1-14(7-5-9-19-14)11-17-13(15-2)16-10-12-6-4-8-18(12)3/h12H,4-11H2,1-3H3,(H2,15,16,17). The minimum Gasteiger partial charge on any atom is -0.355 e. The molecule has 2 fully saturated rings. The van der Waals surface area contributed by atoms with Crippen molar-refractivity contribution in [3.8, 4) is 0 Å². The molecule has 0 aromatic heterocycles. The Morgan fingerprint density at radius 3 is 2.84 bits per heavy atom. The predicted octanol–water partition coefficient (Wildman–Crippen LogP) is 1.53. The minimum absolute atomic E-state index is 0.391. The molecular formula is C14H28N4S. The highest BCUT2D eigenvalue weighted by Crippen LogP contribution is 2.36. The summed E-state index contributed by atoms with van der Waals surface area (Å²) in [4.78, 5) is 6.77. The maximum atomic E-state index is 4.33. The van der Waals surface area contributed by atoms with E-state index in [0.29, 0.717) is 10.8 Å². The Morgan fingerprint density at radius 1 is 1.42 bits per heavy atom. The van der Waals surface area contributed by atoms with E-state index in [9.17, 15) is 0 Å². The first-order valence-corrected chi connectivity index (χ1v) is 8.40. The average molecular weight is 284 g/mol. The monoisotopic (exact) mass is 284 g/mol. The van der Waals surface area contributed by atoms with Gasteiger partial charge >= 0.3 is 0 Å². The fourth-order valence-corrected chi connectivity index (χ4v) is 4.16. The fraction of sp³-hybridized carbons (Fsp3) is 0.929. The number of thioether (sulfide) groups is 1. The summed E-state index contributed by atoms with van der Waals surface area (Å²) in [5.74, 6) is 2.26. The molecule has 2 atom stereocenters. The zero-order chi connectivity index (χ0) is 13.7. The molecule has 0 amide bonds. The van der Waals surface area contributed by atoms with Gasteiger partial charge in [0.25, 0.3) is 0 Å². The van der Waals surface area contributed by atoms with Gasteiger partial charge in [-0.2, -0.15) is 11.8 Å². The van der Waals surface area contributed by atoms with Gasteiger partial charge in [0.05, 0.1) is 0 Å². The molecule has 2 heterocycles. The van der Waals surface area contributed by atoms with Gasteiger partial charge in [-0.05, 0) is 52.0 Å². The van der Waals surface area contributed by atoms with Crippen LogP contribution in [-0.2, 0) is 0 Å². The second-order valence-corrected chi connectivity index (χ2v) is 7.67. The van der Waals surface area contributed by atoms with E-state index in [1.165, 1.54) is 38.0 Å². The average Bonchev–Trinajstić information content (AvgIpc) is 3.00. The molecule has 0 aliphatic carbocycles. The molecule has 2 aliphatic heterocycles. The van der Waals surface area contributed by atoms with Crippen LogP contribution in [0.1, 0.15) is 32.6 Å². The second-order valence-electron chi connectivity index (χ2n) is 5.99. The molecule has 0 spiro atoms. The second kappa shape index (κ2) is 6.84. The lowest BCUT2D eigenvalue weighted by atomic mass is 10.1. The van der Waals surface area contributed by atoms with Crippen LogP contribution in [0.2, 0.25) is 0 Å². The normalized spacial score (nSPS) is 32.8. The first-order chi connectivity index (χ1) is 9.13. The number of aliphatic imine (C=N–C) groups is 1. The van der Waals surface area contributed by atoms with Crippen LogP contribution in [0, 0.1) is 0 Å². The van der Waals surface area contributed by atoms with E-state index in [4.69, 9.17) is 0 Å². The lowest BCUT2D eigenvalue weighted by Crippen LogP contribution is -2.47. The van der Waals surface area contributed by atoms with Gasteiger partial charge in [-0.1, -0.05) is 0 Å². The molecule has 0 saturated carbocycles. The number of likely N-dealkylation sites (N-methyl/N-ethyl adjacent to an activating group) is 1. The maximum Gasteiger partial charge on any atom is 0.191 e. The van der Waals surface area contributed by atoms with Crippen molar-refractivity contribution in [1.82, 2.24) is 15.5 Å². The zero-order valence-corrected chi connectivity index (χ0v) is 13.4. The number of guanidine groups is 1. The van der Waals surface area contributed by atoms with Gasteiger partial charge in [0, 0.05) is 30.9 Å². The van der Waals surface area contributed by atoms with E-state index < -0.39 is 0 Å². The SMILES string of the molecule is CN=C(NCC1CCCN1C)NCC1(C)CCCS1. The van der Waals surface area contributed by atoms with Crippen LogP contribution < -0.4 is 10.6 Å². The summed E-state index contributed by atoms with van der Waals surface area (Å²) in [7, 11) is 4.07. The Kier molecular flexibility index (Phi) is 5.39. The molecule has 0 radical (unpaired) electrons. The summed E-state index contributed by atoms with van der Waals surface area (Å²) in [5.41, 5.74) is 0. The zero-order valence-electron chi connectivity index (χ0n) is 12.5. The van der Waals surface area contributed by atoms with Crippen LogP contribution in [-0.4, -0.2) is 61.1 Å². The largest absolute Gasteiger partial charge is 0.355 e. The molecule has 19 heavy (non-hydrogen) atoms. The van der Waals surface area contributed by atoms with Crippen LogP contribution in [0.15, 0.2) is 4.99 Å². The number of hydrogen-bond acceptors (Lipinski definition) is 3. The van der Waals surface area contributed by atoms with Gasteiger partial charge in [-0.25, -0.2) is 0 Å². The van der Waals surface area contributed by atoms with Gasteiger partial charge in [-0.15, -0.1) is 0 Å². The molecule has 0 bridgehead atoms. The maximum absolute atomic E-state index is 4.33. The molecule has 2 saturated heterocycles. The van der Waals surface area contributed by atoms with Crippen LogP contribution in [0.5, 0.6) is 0 Å². The van der Waals surface area contributed by atoms with Gasteiger partial charge in [0.2, 0.25) is 0 Å². The number of likely N-dealkylation sites (tertiary alicyclic amines) is 1. The van der Waals surface area contributed by atoms with Crippen molar-refractivity contribution in [2.24, 2.45) is 4.99 Å². The Labute approximate surface area is 121 Å². The molecule has 0 aromatic rings. The molecule has 2 N–H and O–H groups in total. The quantitative estimate of drug-likeness (QED) is 0.607. The van der Waals surface area contributed by atoms with Gasteiger partial charge in [-0.3, -0.25) is 4.99 Å². The fourth-order valence-electron chi connectivity index (χ4n) is 2.92. The number of hydrogen-bond donors (Lipinski definition) is 2. The Bertz CT molecular complexity index is 313. The van der Waals surface area contributed by atoms with Crippen molar-refractivity contribution in [3.05, 3.63) is 0 Å².